The third-order valence-corrected chi connectivity index (χ3v) is 5.91. The second kappa shape index (κ2) is 10.0. The summed E-state index contributed by atoms with van der Waals surface area (Å²) < 4.78 is 0. The standard InChI is InChI=1S/C20H25ClN4O2S/c1-2-7-22-18(26)13-24-8-10-25(11-9-24)19(27)12-15-14-28-20(23-15)16-5-3-4-6-17(16)21/h3-6,14H,2,7-13H2,1H3,(H,22,26). The van der Waals surface area contributed by atoms with Crippen LogP contribution in [0.2, 0.25) is 5.02 Å². The predicted octanol–water partition coefficient (Wildman–Crippen LogP) is 2.68. The van der Waals surface area contributed by atoms with Crippen molar-refractivity contribution in [2.24, 2.45) is 0 Å². The number of hydrogen-bond acceptors (Lipinski definition) is 5. The Bertz CT molecular complexity index is 818. The fourth-order valence-electron chi connectivity index (χ4n) is 3.09. The first kappa shape index (κ1) is 20.8. The molecule has 28 heavy (non-hydrogen) atoms. The van der Waals surface area contributed by atoms with Gasteiger partial charge in [0, 0.05) is 43.7 Å². The van der Waals surface area contributed by atoms with Crippen molar-refractivity contribution in [3.05, 3.63) is 40.4 Å². The van der Waals surface area contributed by atoms with Gasteiger partial charge in [-0.25, -0.2) is 4.98 Å². The van der Waals surface area contributed by atoms with Gasteiger partial charge in [-0.2, -0.15) is 0 Å². The first-order valence-corrected chi connectivity index (χ1v) is 10.8. The largest absolute Gasteiger partial charge is 0.355 e. The number of nitrogens with zero attached hydrogens (tertiary/aromatic N) is 3. The zero-order chi connectivity index (χ0) is 19.9. The summed E-state index contributed by atoms with van der Waals surface area (Å²) in [7, 11) is 0. The molecular formula is C20H25ClN4O2S. The summed E-state index contributed by atoms with van der Waals surface area (Å²) in [5.41, 5.74) is 1.66. The molecule has 3 rings (SSSR count). The third kappa shape index (κ3) is 5.53. The van der Waals surface area contributed by atoms with E-state index >= 15 is 0 Å². The molecule has 0 radical (unpaired) electrons. The number of benzene rings is 1. The van der Waals surface area contributed by atoms with E-state index in [2.05, 4.69) is 15.2 Å². The molecule has 1 saturated heterocycles. The molecule has 2 amide bonds. The van der Waals surface area contributed by atoms with E-state index in [4.69, 9.17) is 11.6 Å². The summed E-state index contributed by atoms with van der Waals surface area (Å²) in [5, 5.41) is 6.30. The molecule has 8 heteroatoms. The number of carbonyl (C=O) groups is 2. The Kier molecular flexibility index (Phi) is 7.42. The molecule has 0 spiro atoms. The topological polar surface area (TPSA) is 65.5 Å². The van der Waals surface area contributed by atoms with Gasteiger partial charge in [-0.15, -0.1) is 11.3 Å². The minimum Gasteiger partial charge on any atom is -0.355 e. The SMILES string of the molecule is CCCNC(=O)CN1CCN(C(=O)Cc2csc(-c3ccccc3Cl)n2)CC1. The lowest BCUT2D eigenvalue weighted by Crippen LogP contribution is -2.51. The Morgan fingerprint density at radius 3 is 2.68 bits per heavy atom. The molecule has 150 valence electrons. The van der Waals surface area contributed by atoms with Crippen LogP contribution in [0.3, 0.4) is 0 Å². The van der Waals surface area contributed by atoms with Crippen LogP contribution in [0, 0.1) is 0 Å². The van der Waals surface area contributed by atoms with Gasteiger partial charge >= 0.3 is 0 Å². The summed E-state index contributed by atoms with van der Waals surface area (Å²) in [4.78, 5) is 33.0. The molecule has 1 fully saturated rings. The number of aromatic nitrogens is 1. The van der Waals surface area contributed by atoms with Gasteiger partial charge in [0.1, 0.15) is 5.01 Å². The van der Waals surface area contributed by atoms with Crippen LogP contribution in [-0.4, -0.2) is 65.9 Å². The fraction of sp³-hybridized carbons (Fsp3) is 0.450. The molecule has 1 aromatic carbocycles. The van der Waals surface area contributed by atoms with Gasteiger partial charge in [-0.1, -0.05) is 36.7 Å². The van der Waals surface area contributed by atoms with Crippen molar-refractivity contribution in [1.82, 2.24) is 20.1 Å². The lowest BCUT2D eigenvalue weighted by atomic mass is 10.2. The van der Waals surface area contributed by atoms with Gasteiger partial charge in [0.15, 0.2) is 0 Å². The minimum absolute atomic E-state index is 0.0520. The number of carbonyl (C=O) groups excluding carboxylic acids is 2. The summed E-state index contributed by atoms with van der Waals surface area (Å²) in [6.07, 6.45) is 1.22. The molecule has 1 aliphatic rings. The molecule has 1 aliphatic heterocycles. The lowest BCUT2D eigenvalue weighted by Gasteiger charge is -2.34. The highest BCUT2D eigenvalue weighted by Crippen LogP contribution is 2.30. The molecule has 0 atom stereocenters. The maximum atomic E-state index is 12.6. The maximum Gasteiger partial charge on any atom is 0.234 e. The highest BCUT2D eigenvalue weighted by molar-refractivity contribution is 7.13. The van der Waals surface area contributed by atoms with Crippen LogP contribution < -0.4 is 5.32 Å². The number of halogens is 1. The van der Waals surface area contributed by atoms with Gasteiger partial charge in [-0.3, -0.25) is 14.5 Å². The van der Waals surface area contributed by atoms with Crippen molar-refractivity contribution in [2.75, 3.05) is 39.3 Å². The summed E-state index contributed by atoms with van der Waals surface area (Å²) >= 11 is 7.73. The smallest absolute Gasteiger partial charge is 0.234 e. The van der Waals surface area contributed by atoms with E-state index in [-0.39, 0.29) is 18.2 Å². The second-order valence-corrected chi connectivity index (χ2v) is 8.07. The number of rotatable bonds is 7. The van der Waals surface area contributed by atoms with E-state index in [0.717, 1.165) is 22.7 Å². The molecule has 2 heterocycles. The summed E-state index contributed by atoms with van der Waals surface area (Å²) in [5.74, 6) is 0.127. The van der Waals surface area contributed by atoms with Crippen LogP contribution in [0.25, 0.3) is 10.6 Å². The molecule has 0 aliphatic carbocycles. The van der Waals surface area contributed by atoms with Gasteiger partial charge in [-0.05, 0) is 12.5 Å². The van der Waals surface area contributed by atoms with Crippen LogP contribution in [0.4, 0.5) is 0 Å². The Hall–Kier alpha value is -1.96. The predicted molar refractivity (Wildman–Crippen MR) is 113 cm³/mol. The van der Waals surface area contributed by atoms with Crippen LogP contribution in [0.1, 0.15) is 19.0 Å². The Balaban J connectivity index is 1.49. The average molecular weight is 421 g/mol. The summed E-state index contributed by atoms with van der Waals surface area (Å²) in [6.45, 7) is 5.85. The van der Waals surface area contributed by atoms with E-state index in [0.29, 0.717) is 44.3 Å². The van der Waals surface area contributed by atoms with Gasteiger partial charge in [0.05, 0.1) is 23.7 Å². The Morgan fingerprint density at radius 2 is 1.96 bits per heavy atom. The van der Waals surface area contributed by atoms with E-state index < -0.39 is 0 Å². The monoisotopic (exact) mass is 420 g/mol. The number of nitrogens with one attached hydrogen (secondary N) is 1. The van der Waals surface area contributed by atoms with E-state index in [9.17, 15) is 9.59 Å². The molecule has 6 nitrogen and oxygen atoms in total. The molecule has 0 unspecified atom stereocenters. The highest BCUT2D eigenvalue weighted by atomic mass is 35.5. The van der Waals surface area contributed by atoms with Crippen LogP contribution >= 0.6 is 22.9 Å². The zero-order valence-electron chi connectivity index (χ0n) is 16.0. The van der Waals surface area contributed by atoms with Gasteiger partial charge < -0.3 is 10.2 Å². The number of piperazine rings is 1. The van der Waals surface area contributed by atoms with Crippen LogP contribution in [0.5, 0.6) is 0 Å². The normalized spacial score (nSPS) is 14.9. The minimum atomic E-state index is 0.0520. The van der Waals surface area contributed by atoms with Crippen molar-refractivity contribution >= 4 is 34.8 Å². The van der Waals surface area contributed by atoms with E-state index in [1.807, 2.05) is 41.5 Å². The molecule has 0 saturated carbocycles. The van der Waals surface area contributed by atoms with Crippen LogP contribution in [0.15, 0.2) is 29.6 Å². The number of hydrogen-bond donors (Lipinski definition) is 1. The first-order chi connectivity index (χ1) is 13.6. The fourth-order valence-corrected chi connectivity index (χ4v) is 4.23. The van der Waals surface area contributed by atoms with Crippen molar-refractivity contribution in [3.8, 4) is 10.6 Å². The molecule has 1 N–H and O–H groups in total. The number of amides is 2. The Morgan fingerprint density at radius 1 is 1.21 bits per heavy atom. The lowest BCUT2D eigenvalue weighted by molar-refractivity contribution is -0.132. The van der Waals surface area contributed by atoms with E-state index in [1.165, 1.54) is 11.3 Å². The second-order valence-electron chi connectivity index (χ2n) is 6.81. The van der Waals surface area contributed by atoms with Crippen molar-refractivity contribution < 1.29 is 9.59 Å². The van der Waals surface area contributed by atoms with Crippen LogP contribution in [-0.2, 0) is 16.0 Å². The zero-order valence-corrected chi connectivity index (χ0v) is 17.6. The molecule has 1 aromatic heterocycles. The Labute approximate surface area is 174 Å². The van der Waals surface area contributed by atoms with E-state index in [1.54, 1.807) is 0 Å². The van der Waals surface area contributed by atoms with Gasteiger partial charge in [0.25, 0.3) is 0 Å². The molecule has 2 aromatic rings. The quantitative estimate of drug-likeness (QED) is 0.747. The highest BCUT2D eigenvalue weighted by Gasteiger charge is 2.23. The number of thiazole rings is 1. The first-order valence-electron chi connectivity index (χ1n) is 9.53. The molecular weight excluding hydrogens is 396 g/mol. The maximum absolute atomic E-state index is 12.6. The molecule has 0 bridgehead atoms. The average Bonchev–Trinajstić information content (AvgIpc) is 3.15. The van der Waals surface area contributed by atoms with Gasteiger partial charge in [0.2, 0.25) is 11.8 Å². The van der Waals surface area contributed by atoms with Crippen molar-refractivity contribution in [3.63, 3.8) is 0 Å². The van der Waals surface area contributed by atoms with Crippen molar-refractivity contribution in [1.29, 1.82) is 0 Å². The third-order valence-electron chi connectivity index (χ3n) is 4.65. The van der Waals surface area contributed by atoms with Crippen molar-refractivity contribution in [2.45, 2.75) is 19.8 Å². The summed E-state index contributed by atoms with van der Waals surface area (Å²) in [6, 6.07) is 7.58.